The maximum absolute atomic E-state index is 5.73. The summed E-state index contributed by atoms with van der Waals surface area (Å²) >= 11 is 0. The van der Waals surface area contributed by atoms with E-state index in [0.717, 1.165) is 50.8 Å². The zero-order valence-electron chi connectivity index (χ0n) is 12.0. The van der Waals surface area contributed by atoms with Gasteiger partial charge in [-0.2, -0.15) is 0 Å². The highest BCUT2D eigenvalue weighted by Crippen LogP contribution is 2.14. The van der Waals surface area contributed by atoms with Crippen molar-refractivity contribution in [1.82, 2.24) is 9.80 Å². The van der Waals surface area contributed by atoms with Crippen molar-refractivity contribution < 1.29 is 4.74 Å². The van der Waals surface area contributed by atoms with Crippen LogP contribution < -0.4 is 10.5 Å². The Labute approximate surface area is 116 Å². The molecule has 1 aliphatic rings. The van der Waals surface area contributed by atoms with Gasteiger partial charge >= 0.3 is 0 Å². The summed E-state index contributed by atoms with van der Waals surface area (Å²) in [5.41, 5.74) is 6.47. The molecule has 1 aromatic rings. The summed E-state index contributed by atoms with van der Waals surface area (Å²) < 4.78 is 5.73. The average Bonchev–Trinajstić information content (AvgIpc) is 2.39. The van der Waals surface area contributed by atoms with Gasteiger partial charge in [0.1, 0.15) is 12.4 Å². The van der Waals surface area contributed by atoms with Crippen LogP contribution in [0.3, 0.4) is 0 Å². The number of hydrogen-bond acceptors (Lipinski definition) is 4. The Bertz CT molecular complexity index is 387. The monoisotopic (exact) mass is 263 g/mol. The largest absolute Gasteiger partial charge is 0.492 e. The van der Waals surface area contributed by atoms with E-state index in [1.807, 2.05) is 24.3 Å². The molecular formula is C15H25N3O. The molecule has 0 radical (unpaired) electrons. The molecule has 19 heavy (non-hydrogen) atoms. The molecule has 1 fully saturated rings. The van der Waals surface area contributed by atoms with Crippen LogP contribution in [-0.2, 0) is 0 Å². The molecule has 0 aliphatic carbocycles. The highest BCUT2D eigenvalue weighted by molar-refractivity contribution is 5.43. The van der Waals surface area contributed by atoms with E-state index < -0.39 is 0 Å². The van der Waals surface area contributed by atoms with Crippen LogP contribution in [0, 0.1) is 0 Å². The molecule has 0 unspecified atom stereocenters. The van der Waals surface area contributed by atoms with Crippen molar-refractivity contribution in [3.8, 4) is 5.75 Å². The molecule has 1 aliphatic heterocycles. The third kappa shape index (κ3) is 4.40. The lowest BCUT2D eigenvalue weighted by atomic mass is 10.2. The lowest BCUT2D eigenvalue weighted by Crippen LogP contribution is -2.49. The first-order valence-electron chi connectivity index (χ1n) is 7.10. The topological polar surface area (TPSA) is 41.7 Å². The molecule has 0 atom stereocenters. The van der Waals surface area contributed by atoms with Crippen LogP contribution >= 0.6 is 0 Å². The molecule has 0 saturated carbocycles. The maximum Gasteiger partial charge on any atom is 0.121 e. The van der Waals surface area contributed by atoms with Gasteiger partial charge in [0.2, 0.25) is 0 Å². The number of piperazine rings is 1. The maximum atomic E-state index is 5.73. The van der Waals surface area contributed by atoms with E-state index >= 15 is 0 Å². The number of nitrogens with zero attached hydrogens (tertiary/aromatic N) is 2. The summed E-state index contributed by atoms with van der Waals surface area (Å²) in [7, 11) is 0. The minimum atomic E-state index is 0.658. The van der Waals surface area contributed by atoms with E-state index in [-0.39, 0.29) is 0 Å². The summed E-state index contributed by atoms with van der Waals surface area (Å²) in [6.07, 6.45) is 0. The van der Waals surface area contributed by atoms with Gasteiger partial charge in [-0.3, -0.25) is 9.80 Å². The summed E-state index contributed by atoms with van der Waals surface area (Å²) in [6.45, 7) is 10.8. The molecule has 0 aromatic heterocycles. The Balaban J connectivity index is 1.67. The van der Waals surface area contributed by atoms with Gasteiger partial charge in [0.25, 0.3) is 0 Å². The number of nitrogen functional groups attached to an aromatic ring is 1. The van der Waals surface area contributed by atoms with Gasteiger partial charge in [0, 0.05) is 50.5 Å². The summed E-state index contributed by atoms with van der Waals surface area (Å²) in [5, 5.41) is 0. The van der Waals surface area contributed by atoms with Crippen molar-refractivity contribution in [3.63, 3.8) is 0 Å². The average molecular weight is 263 g/mol. The predicted octanol–water partition coefficient (Wildman–Crippen LogP) is 1.67. The predicted molar refractivity (Wildman–Crippen MR) is 79.5 cm³/mol. The van der Waals surface area contributed by atoms with Crippen LogP contribution in [0.15, 0.2) is 24.3 Å². The number of benzene rings is 1. The van der Waals surface area contributed by atoms with Gasteiger partial charge in [0.05, 0.1) is 0 Å². The van der Waals surface area contributed by atoms with Gasteiger partial charge in [-0.25, -0.2) is 0 Å². The molecule has 4 heteroatoms. The number of anilines is 1. The van der Waals surface area contributed by atoms with Gasteiger partial charge in [-0.15, -0.1) is 0 Å². The van der Waals surface area contributed by atoms with E-state index in [1.54, 1.807) is 0 Å². The zero-order valence-corrected chi connectivity index (χ0v) is 12.0. The molecule has 106 valence electrons. The van der Waals surface area contributed by atoms with E-state index in [1.165, 1.54) is 0 Å². The highest BCUT2D eigenvalue weighted by atomic mass is 16.5. The Morgan fingerprint density at radius 2 is 1.95 bits per heavy atom. The van der Waals surface area contributed by atoms with Crippen molar-refractivity contribution in [2.75, 3.05) is 45.1 Å². The van der Waals surface area contributed by atoms with Crippen molar-refractivity contribution in [2.45, 2.75) is 19.9 Å². The first-order chi connectivity index (χ1) is 9.15. The molecule has 0 spiro atoms. The standard InChI is InChI=1S/C15H25N3O/c1-13(2)18-8-6-17(7-9-18)10-11-19-15-5-3-4-14(16)12-15/h3-5,12-13H,6-11,16H2,1-2H3. The van der Waals surface area contributed by atoms with E-state index in [9.17, 15) is 0 Å². The number of hydrogen-bond donors (Lipinski definition) is 1. The van der Waals surface area contributed by atoms with Crippen LogP contribution in [-0.4, -0.2) is 55.2 Å². The van der Waals surface area contributed by atoms with Crippen molar-refractivity contribution in [1.29, 1.82) is 0 Å². The van der Waals surface area contributed by atoms with Crippen molar-refractivity contribution >= 4 is 5.69 Å². The van der Waals surface area contributed by atoms with Crippen LogP contribution in [0.25, 0.3) is 0 Å². The second kappa shape index (κ2) is 6.78. The van der Waals surface area contributed by atoms with Crippen LogP contribution in [0.5, 0.6) is 5.75 Å². The lowest BCUT2D eigenvalue weighted by molar-refractivity contribution is 0.0971. The third-order valence-electron chi connectivity index (χ3n) is 3.67. The normalized spacial score (nSPS) is 17.8. The zero-order chi connectivity index (χ0) is 13.7. The summed E-state index contributed by atoms with van der Waals surface area (Å²) in [5.74, 6) is 0.862. The minimum Gasteiger partial charge on any atom is -0.492 e. The first-order valence-corrected chi connectivity index (χ1v) is 7.10. The third-order valence-corrected chi connectivity index (χ3v) is 3.67. The second-order valence-corrected chi connectivity index (χ2v) is 5.39. The first kappa shape index (κ1) is 14.2. The molecule has 1 saturated heterocycles. The molecule has 4 nitrogen and oxygen atoms in total. The molecule has 2 N–H and O–H groups in total. The van der Waals surface area contributed by atoms with Crippen molar-refractivity contribution in [2.24, 2.45) is 0 Å². The van der Waals surface area contributed by atoms with E-state index in [4.69, 9.17) is 10.5 Å². The summed E-state index contributed by atoms with van der Waals surface area (Å²) in [4.78, 5) is 4.99. The molecule has 1 aromatic carbocycles. The SMILES string of the molecule is CC(C)N1CCN(CCOc2cccc(N)c2)CC1. The van der Waals surface area contributed by atoms with Crippen molar-refractivity contribution in [3.05, 3.63) is 24.3 Å². The van der Waals surface area contributed by atoms with Crippen LogP contribution in [0.1, 0.15) is 13.8 Å². The van der Waals surface area contributed by atoms with Gasteiger partial charge < -0.3 is 10.5 Å². The molecule has 2 rings (SSSR count). The van der Waals surface area contributed by atoms with Gasteiger partial charge in [-0.1, -0.05) is 6.07 Å². The number of nitrogens with two attached hydrogens (primary N) is 1. The Kier molecular flexibility index (Phi) is 5.05. The molecular weight excluding hydrogens is 238 g/mol. The summed E-state index contributed by atoms with van der Waals surface area (Å²) in [6, 6.07) is 8.28. The Hall–Kier alpha value is -1.26. The number of ether oxygens (including phenoxy) is 1. The number of rotatable bonds is 5. The van der Waals surface area contributed by atoms with Gasteiger partial charge in [-0.05, 0) is 26.0 Å². The van der Waals surface area contributed by atoms with Crippen LogP contribution in [0.2, 0.25) is 0 Å². The van der Waals surface area contributed by atoms with Crippen LogP contribution in [0.4, 0.5) is 5.69 Å². The quantitative estimate of drug-likeness (QED) is 0.821. The lowest BCUT2D eigenvalue weighted by Gasteiger charge is -2.36. The molecule has 0 amide bonds. The molecule has 1 heterocycles. The molecule has 0 bridgehead atoms. The Morgan fingerprint density at radius 1 is 1.21 bits per heavy atom. The van der Waals surface area contributed by atoms with E-state index in [0.29, 0.717) is 6.04 Å². The van der Waals surface area contributed by atoms with E-state index in [2.05, 4.69) is 23.6 Å². The Morgan fingerprint density at radius 3 is 2.58 bits per heavy atom. The smallest absolute Gasteiger partial charge is 0.121 e. The fourth-order valence-electron chi connectivity index (χ4n) is 2.40. The fourth-order valence-corrected chi connectivity index (χ4v) is 2.40. The fraction of sp³-hybridized carbons (Fsp3) is 0.600. The second-order valence-electron chi connectivity index (χ2n) is 5.39. The van der Waals surface area contributed by atoms with Gasteiger partial charge in [0.15, 0.2) is 0 Å². The minimum absolute atomic E-state index is 0.658. The highest BCUT2D eigenvalue weighted by Gasteiger charge is 2.18.